The van der Waals surface area contributed by atoms with E-state index in [-0.39, 0.29) is 40.2 Å². The van der Waals surface area contributed by atoms with E-state index in [9.17, 15) is 20.2 Å². The summed E-state index contributed by atoms with van der Waals surface area (Å²) >= 11 is 0. The average Bonchev–Trinajstić information content (AvgIpc) is 3.04. The van der Waals surface area contributed by atoms with Crippen molar-refractivity contribution in [2.24, 2.45) is 0 Å². The second kappa shape index (κ2) is 6.48. The lowest BCUT2D eigenvalue weighted by Gasteiger charge is -2.07. The number of aromatic nitrogens is 2. The first-order valence-electron chi connectivity index (χ1n) is 7.39. The molecule has 0 saturated heterocycles. The summed E-state index contributed by atoms with van der Waals surface area (Å²) in [7, 11) is 0. The molecule has 0 unspecified atom stereocenters. The normalized spacial score (nSPS) is 10.5. The van der Waals surface area contributed by atoms with Gasteiger partial charge in [-0.1, -0.05) is 0 Å². The van der Waals surface area contributed by atoms with Crippen molar-refractivity contribution in [1.29, 1.82) is 10.7 Å². The van der Waals surface area contributed by atoms with Gasteiger partial charge in [0.05, 0.1) is 16.9 Å². The molecule has 130 valence electrons. The minimum Gasteiger partial charge on any atom is -0.461 e. The minimum atomic E-state index is -0.699. The molecule has 10 heteroatoms. The number of nitro groups is 1. The molecule has 0 saturated carbocycles. The van der Waals surface area contributed by atoms with Crippen LogP contribution in [0.1, 0.15) is 23.0 Å². The lowest BCUT2D eigenvalue weighted by molar-refractivity contribution is -0.384. The predicted molar refractivity (Wildman–Crippen MR) is 87.0 cm³/mol. The molecule has 0 bridgehead atoms. The monoisotopic (exact) mass is 353 g/mol. The standard InChI is InChI=1S/C16H11N5O5/c1-2-25-16(22)13-12-11(8-3-5-9(6-4-8)21(23)24)10(7-17)14(18)26-15(12)20-19-13/h3-6,18H,2H2,1H3,(H,19,20). The van der Waals surface area contributed by atoms with Gasteiger partial charge in [-0.2, -0.15) is 5.26 Å². The molecule has 26 heavy (non-hydrogen) atoms. The second-order valence-corrected chi connectivity index (χ2v) is 5.10. The third-order valence-electron chi connectivity index (χ3n) is 3.62. The lowest BCUT2D eigenvalue weighted by Crippen LogP contribution is -2.09. The highest BCUT2D eigenvalue weighted by atomic mass is 16.6. The summed E-state index contributed by atoms with van der Waals surface area (Å²) in [5, 5.41) is 34.7. The van der Waals surface area contributed by atoms with Crippen LogP contribution in [0.15, 0.2) is 28.7 Å². The first-order valence-corrected chi connectivity index (χ1v) is 7.39. The number of fused-ring (bicyclic) bond motifs is 1. The van der Waals surface area contributed by atoms with Crippen molar-refractivity contribution in [1.82, 2.24) is 10.2 Å². The van der Waals surface area contributed by atoms with E-state index in [1.54, 1.807) is 6.92 Å². The number of rotatable bonds is 4. The largest absolute Gasteiger partial charge is 0.461 e. The van der Waals surface area contributed by atoms with E-state index in [4.69, 9.17) is 14.6 Å². The Morgan fingerprint density at radius 3 is 2.73 bits per heavy atom. The SMILES string of the molecule is CCOC(=O)c1[nH]nc2oc(=N)c(C#N)c(-c3ccc([N+](=O)[O-])cc3)c12. The Kier molecular flexibility index (Phi) is 4.20. The molecular weight excluding hydrogens is 342 g/mol. The van der Waals surface area contributed by atoms with Crippen LogP contribution in [0, 0.1) is 26.9 Å². The quantitative estimate of drug-likeness (QED) is 0.413. The molecule has 3 aromatic rings. The molecule has 1 aromatic carbocycles. The molecule has 0 aliphatic rings. The molecule has 0 radical (unpaired) electrons. The minimum absolute atomic E-state index is 0.0320. The van der Waals surface area contributed by atoms with Gasteiger partial charge < -0.3 is 9.15 Å². The Labute approximate surface area is 145 Å². The van der Waals surface area contributed by atoms with Gasteiger partial charge in [-0.3, -0.25) is 20.6 Å². The molecule has 0 aliphatic carbocycles. The Balaban J connectivity index is 2.36. The van der Waals surface area contributed by atoms with Crippen LogP contribution in [0.3, 0.4) is 0 Å². The summed E-state index contributed by atoms with van der Waals surface area (Å²) in [5.74, 6) is -0.699. The van der Waals surface area contributed by atoms with Crippen LogP contribution in [-0.2, 0) is 4.74 Å². The van der Waals surface area contributed by atoms with Gasteiger partial charge in [0.1, 0.15) is 11.6 Å². The fourth-order valence-corrected chi connectivity index (χ4v) is 2.51. The van der Waals surface area contributed by atoms with Gasteiger partial charge in [0, 0.05) is 17.7 Å². The number of esters is 1. The number of benzene rings is 1. The summed E-state index contributed by atoms with van der Waals surface area (Å²) in [6.07, 6.45) is 0. The number of nitriles is 1. The van der Waals surface area contributed by atoms with Crippen molar-refractivity contribution in [2.45, 2.75) is 6.92 Å². The van der Waals surface area contributed by atoms with E-state index < -0.39 is 16.4 Å². The molecule has 3 rings (SSSR count). The summed E-state index contributed by atoms with van der Waals surface area (Å²) in [4.78, 5) is 22.5. The zero-order valence-corrected chi connectivity index (χ0v) is 13.4. The highest BCUT2D eigenvalue weighted by Gasteiger charge is 2.24. The zero-order chi connectivity index (χ0) is 18.8. The van der Waals surface area contributed by atoms with Gasteiger partial charge >= 0.3 is 5.97 Å². The van der Waals surface area contributed by atoms with Gasteiger partial charge in [0.15, 0.2) is 5.69 Å². The van der Waals surface area contributed by atoms with Crippen molar-refractivity contribution in [3.63, 3.8) is 0 Å². The maximum Gasteiger partial charge on any atom is 0.357 e. The molecule has 2 aromatic heterocycles. The summed E-state index contributed by atoms with van der Waals surface area (Å²) in [6, 6.07) is 7.25. The molecule has 0 aliphatic heterocycles. The van der Waals surface area contributed by atoms with Crippen molar-refractivity contribution >= 4 is 22.8 Å². The Morgan fingerprint density at radius 1 is 1.46 bits per heavy atom. The second-order valence-electron chi connectivity index (χ2n) is 5.10. The number of ether oxygens (including phenoxy) is 1. The molecular formula is C16H11N5O5. The number of nitro benzene ring substituents is 1. The third-order valence-corrected chi connectivity index (χ3v) is 3.62. The Hall–Kier alpha value is -4.00. The lowest BCUT2D eigenvalue weighted by atomic mass is 9.98. The molecule has 2 heterocycles. The van der Waals surface area contributed by atoms with Crippen LogP contribution in [-0.4, -0.2) is 27.7 Å². The molecule has 0 amide bonds. The van der Waals surface area contributed by atoms with E-state index in [1.807, 2.05) is 6.07 Å². The maximum absolute atomic E-state index is 12.2. The van der Waals surface area contributed by atoms with Crippen molar-refractivity contribution in [3.05, 3.63) is 51.2 Å². The Bertz CT molecular complexity index is 1120. The Morgan fingerprint density at radius 2 is 2.15 bits per heavy atom. The topological polar surface area (TPSA) is 159 Å². The van der Waals surface area contributed by atoms with Gasteiger partial charge in [-0.15, -0.1) is 5.10 Å². The number of aromatic amines is 1. The predicted octanol–water partition coefficient (Wildman–Crippen LogP) is 2.26. The van der Waals surface area contributed by atoms with E-state index in [2.05, 4.69) is 10.2 Å². The van der Waals surface area contributed by atoms with Gasteiger partial charge in [0.25, 0.3) is 5.69 Å². The fourth-order valence-electron chi connectivity index (χ4n) is 2.51. The molecule has 0 spiro atoms. The smallest absolute Gasteiger partial charge is 0.357 e. The van der Waals surface area contributed by atoms with Gasteiger partial charge in [0.2, 0.25) is 11.3 Å². The van der Waals surface area contributed by atoms with Crippen molar-refractivity contribution in [2.75, 3.05) is 6.61 Å². The number of nitrogens with one attached hydrogen (secondary N) is 2. The number of nitrogens with zero attached hydrogens (tertiary/aromatic N) is 3. The number of carbonyl (C=O) groups is 1. The van der Waals surface area contributed by atoms with Crippen LogP contribution in [0.2, 0.25) is 0 Å². The van der Waals surface area contributed by atoms with Crippen molar-refractivity contribution < 1.29 is 18.9 Å². The number of hydrogen-bond donors (Lipinski definition) is 2. The average molecular weight is 353 g/mol. The highest BCUT2D eigenvalue weighted by Crippen LogP contribution is 2.32. The van der Waals surface area contributed by atoms with Gasteiger partial charge in [-0.25, -0.2) is 4.79 Å². The maximum atomic E-state index is 12.2. The van der Waals surface area contributed by atoms with E-state index in [0.29, 0.717) is 5.56 Å². The fraction of sp³-hybridized carbons (Fsp3) is 0.125. The van der Waals surface area contributed by atoms with Crippen LogP contribution in [0.4, 0.5) is 5.69 Å². The van der Waals surface area contributed by atoms with E-state index in [0.717, 1.165) is 0 Å². The zero-order valence-electron chi connectivity index (χ0n) is 13.4. The molecule has 0 fully saturated rings. The number of hydrogen-bond acceptors (Lipinski definition) is 8. The van der Waals surface area contributed by atoms with E-state index in [1.165, 1.54) is 24.3 Å². The number of non-ortho nitro benzene ring substituents is 1. The van der Waals surface area contributed by atoms with Crippen LogP contribution >= 0.6 is 0 Å². The molecule has 2 N–H and O–H groups in total. The molecule has 10 nitrogen and oxygen atoms in total. The summed E-state index contributed by atoms with van der Waals surface area (Å²) in [5.41, 5.74) is -0.165. The third kappa shape index (κ3) is 2.67. The van der Waals surface area contributed by atoms with Gasteiger partial charge in [-0.05, 0) is 24.6 Å². The summed E-state index contributed by atoms with van der Waals surface area (Å²) < 4.78 is 10.2. The van der Waals surface area contributed by atoms with Crippen LogP contribution < -0.4 is 5.55 Å². The first-order chi connectivity index (χ1) is 12.5. The summed E-state index contributed by atoms with van der Waals surface area (Å²) in [6.45, 7) is 1.77. The number of H-pyrrole nitrogens is 1. The van der Waals surface area contributed by atoms with Crippen LogP contribution in [0.25, 0.3) is 22.2 Å². The molecule has 0 atom stereocenters. The first kappa shape index (κ1) is 16.8. The van der Waals surface area contributed by atoms with E-state index >= 15 is 0 Å². The number of carbonyl (C=O) groups excluding carboxylic acids is 1. The van der Waals surface area contributed by atoms with Crippen LogP contribution in [0.5, 0.6) is 0 Å². The highest BCUT2D eigenvalue weighted by molar-refractivity contribution is 6.08. The van der Waals surface area contributed by atoms with Crippen molar-refractivity contribution in [3.8, 4) is 17.2 Å².